The summed E-state index contributed by atoms with van der Waals surface area (Å²) in [6.45, 7) is 0.258. The number of nitrogens with one attached hydrogen (secondary N) is 1. The molecule has 1 aromatic rings. The first-order valence-corrected chi connectivity index (χ1v) is 5.44. The van der Waals surface area contributed by atoms with Crippen molar-refractivity contribution in [2.75, 3.05) is 20.8 Å². The van der Waals surface area contributed by atoms with Crippen molar-refractivity contribution in [2.24, 2.45) is 0 Å². The lowest BCUT2D eigenvalue weighted by molar-refractivity contribution is -0.133. The largest absolute Gasteiger partial charge is 0.493 e. The maximum atomic E-state index is 11.9. The summed E-state index contributed by atoms with van der Waals surface area (Å²) in [7, 11) is 3.04. The lowest BCUT2D eigenvalue weighted by Gasteiger charge is -2.11. The van der Waals surface area contributed by atoms with Crippen molar-refractivity contribution in [3.63, 3.8) is 0 Å². The van der Waals surface area contributed by atoms with Crippen molar-refractivity contribution in [3.8, 4) is 11.5 Å². The van der Waals surface area contributed by atoms with Crippen LogP contribution in [0.3, 0.4) is 0 Å². The van der Waals surface area contributed by atoms with Crippen LogP contribution in [0.4, 0.5) is 13.2 Å². The van der Waals surface area contributed by atoms with E-state index in [0.29, 0.717) is 18.0 Å². The Kier molecular flexibility index (Phi) is 5.27. The average molecular weight is 263 g/mol. The first-order chi connectivity index (χ1) is 8.46. The average Bonchev–Trinajstić information content (AvgIpc) is 2.33. The highest BCUT2D eigenvalue weighted by Gasteiger charge is 2.25. The second-order valence-corrected chi connectivity index (χ2v) is 3.73. The SMILES string of the molecule is COc1ccc(CNCCC(F)(F)F)cc1OC. The van der Waals surface area contributed by atoms with Gasteiger partial charge < -0.3 is 14.8 Å². The molecule has 1 aromatic carbocycles. The third-order valence-electron chi connectivity index (χ3n) is 2.36. The molecule has 0 aromatic heterocycles. The van der Waals surface area contributed by atoms with Crippen molar-refractivity contribution in [2.45, 2.75) is 19.1 Å². The number of halogens is 3. The molecule has 0 radical (unpaired) electrons. The lowest BCUT2D eigenvalue weighted by Crippen LogP contribution is -2.21. The van der Waals surface area contributed by atoms with Crippen LogP contribution in [-0.4, -0.2) is 26.9 Å². The van der Waals surface area contributed by atoms with Crippen LogP contribution >= 0.6 is 0 Å². The Morgan fingerprint density at radius 1 is 1.11 bits per heavy atom. The fourth-order valence-electron chi connectivity index (χ4n) is 1.45. The van der Waals surface area contributed by atoms with Gasteiger partial charge in [-0.1, -0.05) is 6.07 Å². The second kappa shape index (κ2) is 6.49. The van der Waals surface area contributed by atoms with Gasteiger partial charge in [0.15, 0.2) is 11.5 Å². The van der Waals surface area contributed by atoms with Crippen LogP contribution in [0.25, 0.3) is 0 Å². The molecule has 0 aliphatic rings. The molecule has 18 heavy (non-hydrogen) atoms. The Labute approximate surface area is 104 Å². The Morgan fingerprint density at radius 3 is 2.33 bits per heavy atom. The van der Waals surface area contributed by atoms with Crippen molar-refractivity contribution in [3.05, 3.63) is 23.8 Å². The third kappa shape index (κ3) is 4.83. The zero-order valence-electron chi connectivity index (χ0n) is 10.3. The molecule has 0 aliphatic carbocycles. The van der Waals surface area contributed by atoms with Crippen molar-refractivity contribution in [1.29, 1.82) is 0 Å². The second-order valence-electron chi connectivity index (χ2n) is 3.73. The number of methoxy groups -OCH3 is 2. The van der Waals surface area contributed by atoms with Gasteiger partial charge in [-0.05, 0) is 17.7 Å². The topological polar surface area (TPSA) is 30.5 Å². The Bertz CT molecular complexity index is 380. The smallest absolute Gasteiger partial charge is 0.390 e. The maximum Gasteiger partial charge on any atom is 0.390 e. The molecule has 0 saturated heterocycles. The molecule has 0 saturated carbocycles. The summed E-state index contributed by atoms with van der Waals surface area (Å²) in [6.07, 6.45) is -4.95. The van der Waals surface area contributed by atoms with Gasteiger partial charge in [0.25, 0.3) is 0 Å². The monoisotopic (exact) mass is 263 g/mol. The minimum atomic E-state index is -4.12. The summed E-state index contributed by atoms with van der Waals surface area (Å²) < 4.78 is 45.9. The number of benzene rings is 1. The predicted octanol–water partition coefficient (Wildman–Crippen LogP) is 2.75. The van der Waals surface area contributed by atoms with Gasteiger partial charge >= 0.3 is 6.18 Å². The zero-order valence-corrected chi connectivity index (χ0v) is 10.3. The Hall–Kier alpha value is -1.43. The summed E-state index contributed by atoms with van der Waals surface area (Å²) in [5, 5.41) is 2.73. The molecule has 0 heterocycles. The van der Waals surface area contributed by atoms with E-state index in [2.05, 4.69) is 5.32 Å². The molecule has 1 N–H and O–H groups in total. The minimum Gasteiger partial charge on any atom is -0.493 e. The molecule has 0 aliphatic heterocycles. The quantitative estimate of drug-likeness (QED) is 0.800. The summed E-state index contributed by atoms with van der Waals surface area (Å²) in [5.41, 5.74) is 0.842. The van der Waals surface area contributed by atoms with Gasteiger partial charge in [0.1, 0.15) is 0 Å². The lowest BCUT2D eigenvalue weighted by atomic mass is 10.2. The summed E-state index contributed by atoms with van der Waals surface area (Å²) in [6, 6.07) is 5.24. The van der Waals surface area contributed by atoms with Gasteiger partial charge in [0.2, 0.25) is 0 Å². The van der Waals surface area contributed by atoms with E-state index in [1.807, 2.05) is 0 Å². The normalized spacial score (nSPS) is 11.4. The molecule has 0 amide bonds. The molecule has 3 nitrogen and oxygen atoms in total. The van der Waals surface area contributed by atoms with E-state index in [-0.39, 0.29) is 6.54 Å². The van der Waals surface area contributed by atoms with E-state index in [0.717, 1.165) is 5.56 Å². The summed E-state index contributed by atoms with van der Waals surface area (Å²) >= 11 is 0. The van der Waals surface area contributed by atoms with Gasteiger partial charge in [-0.2, -0.15) is 13.2 Å². The van der Waals surface area contributed by atoms with Crippen LogP contribution in [-0.2, 0) is 6.54 Å². The van der Waals surface area contributed by atoms with Gasteiger partial charge in [-0.3, -0.25) is 0 Å². The van der Waals surface area contributed by atoms with E-state index in [9.17, 15) is 13.2 Å². The van der Waals surface area contributed by atoms with Crippen molar-refractivity contribution in [1.82, 2.24) is 5.32 Å². The van der Waals surface area contributed by atoms with E-state index in [4.69, 9.17) is 9.47 Å². The molecule has 0 atom stereocenters. The number of hydrogen-bond donors (Lipinski definition) is 1. The molecular formula is C12H16F3NO2. The van der Waals surface area contributed by atoms with Crippen LogP contribution < -0.4 is 14.8 Å². The van der Waals surface area contributed by atoms with Crippen LogP contribution in [0.1, 0.15) is 12.0 Å². The number of rotatable bonds is 6. The van der Waals surface area contributed by atoms with E-state index in [1.54, 1.807) is 18.2 Å². The minimum absolute atomic E-state index is 0.0994. The Morgan fingerprint density at radius 2 is 1.78 bits per heavy atom. The molecular weight excluding hydrogens is 247 g/mol. The van der Waals surface area contributed by atoms with Gasteiger partial charge in [-0.25, -0.2) is 0 Å². The molecule has 102 valence electrons. The Balaban J connectivity index is 2.48. The third-order valence-corrected chi connectivity index (χ3v) is 2.36. The number of alkyl halides is 3. The number of ether oxygens (including phenoxy) is 2. The van der Waals surface area contributed by atoms with Gasteiger partial charge in [-0.15, -0.1) is 0 Å². The van der Waals surface area contributed by atoms with E-state index >= 15 is 0 Å². The number of hydrogen-bond acceptors (Lipinski definition) is 3. The first-order valence-electron chi connectivity index (χ1n) is 5.44. The molecule has 0 fully saturated rings. The van der Waals surface area contributed by atoms with Gasteiger partial charge in [0, 0.05) is 13.1 Å². The predicted molar refractivity (Wildman–Crippen MR) is 61.9 cm³/mol. The van der Waals surface area contributed by atoms with E-state index in [1.165, 1.54) is 14.2 Å². The maximum absolute atomic E-state index is 11.9. The highest BCUT2D eigenvalue weighted by Crippen LogP contribution is 2.27. The standard InChI is InChI=1S/C12H16F3NO2/c1-17-10-4-3-9(7-11(10)18-2)8-16-6-5-12(13,14)15/h3-4,7,16H,5-6,8H2,1-2H3. The molecule has 6 heteroatoms. The van der Waals surface area contributed by atoms with Crippen LogP contribution in [0.5, 0.6) is 11.5 Å². The van der Waals surface area contributed by atoms with E-state index < -0.39 is 12.6 Å². The highest BCUT2D eigenvalue weighted by atomic mass is 19.4. The molecule has 0 unspecified atom stereocenters. The zero-order chi connectivity index (χ0) is 13.6. The van der Waals surface area contributed by atoms with Gasteiger partial charge in [0.05, 0.1) is 20.6 Å². The summed E-state index contributed by atoms with van der Waals surface area (Å²) in [5.74, 6) is 1.16. The van der Waals surface area contributed by atoms with Crippen molar-refractivity contribution < 1.29 is 22.6 Å². The summed E-state index contributed by atoms with van der Waals surface area (Å²) in [4.78, 5) is 0. The van der Waals surface area contributed by atoms with Crippen molar-refractivity contribution >= 4 is 0 Å². The molecule has 0 spiro atoms. The van der Waals surface area contributed by atoms with Crippen LogP contribution in [0, 0.1) is 0 Å². The van der Waals surface area contributed by atoms with Crippen LogP contribution in [0.2, 0.25) is 0 Å². The molecule has 0 bridgehead atoms. The fraction of sp³-hybridized carbons (Fsp3) is 0.500. The highest BCUT2D eigenvalue weighted by molar-refractivity contribution is 5.42. The fourth-order valence-corrected chi connectivity index (χ4v) is 1.45. The molecule has 1 rings (SSSR count). The van der Waals surface area contributed by atoms with Crippen LogP contribution in [0.15, 0.2) is 18.2 Å². The first kappa shape index (κ1) is 14.6.